The van der Waals surface area contributed by atoms with Gasteiger partial charge in [0.1, 0.15) is 0 Å². The second-order valence-corrected chi connectivity index (χ2v) is 5.86. The normalized spacial score (nSPS) is 10.7. The average Bonchev–Trinajstić information content (AvgIpc) is 2.67. The summed E-state index contributed by atoms with van der Waals surface area (Å²) < 4.78 is 0. The zero-order chi connectivity index (χ0) is 16.4. The Hall–Kier alpha value is -3.12. The van der Waals surface area contributed by atoms with Crippen LogP contribution in [0, 0.1) is 0 Å². The Bertz CT molecular complexity index is 1010. The van der Waals surface area contributed by atoms with Gasteiger partial charge in [-0.3, -0.25) is 0 Å². The van der Waals surface area contributed by atoms with Crippen LogP contribution in [0.3, 0.4) is 0 Å². The van der Waals surface area contributed by atoms with Crippen molar-refractivity contribution in [1.29, 1.82) is 0 Å². The summed E-state index contributed by atoms with van der Waals surface area (Å²) in [6, 6.07) is 32.0. The number of hydrogen-bond donors (Lipinski definition) is 0. The highest BCUT2D eigenvalue weighted by Crippen LogP contribution is 2.36. The van der Waals surface area contributed by atoms with E-state index in [0.29, 0.717) is 0 Å². The molecule has 0 aliphatic rings. The monoisotopic (exact) mass is 306 g/mol. The van der Waals surface area contributed by atoms with Crippen molar-refractivity contribution in [2.24, 2.45) is 0 Å². The molecule has 0 fully saturated rings. The molecule has 4 rings (SSSR count). The molecule has 0 unspecified atom stereocenters. The molecule has 0 atom stereocenters. The van der Waals surface area contributed by atoms with Gasteiger partial charge < -0.3 is 0 Å². The largest absolute Gasteiger partial charge is 0.0984 e. The maximum absolute atomic E-state index is 4.08. The molecule has 0 aliphatic carbocycles. The van der Waals surface area contributed by atoms with Gasteiger partial charge in [0.2, 0.25) is 0 Å². The second-order valence-electron chi connectivity index (χ2n) is 5.86. The van der Waals surface area contributed by atoms with E-state index in [1.807, 2.05) is 12.1 Å². The van der Waals surface area contributed by atoms with E-state index in [0.717, 1.165) is 0 Å². The minimum Gasteiger partial charge on any atom is -0.0984 e. The second kappa shape index (κ2) is 6.17. The summed E-state index contributed by atoms with van der Waals surface area (Å²) in [5.74, 6) is 0. The Morgan fingerprint density at radius 1 is 0.542 bits per heavy atom. The standard InChI is InChI=1S/C24H18/c1-2-20-21(18-10-4-3-5-11-18)15-9-17-23(20)24-16-8-13-19-12-6-7-14-22(19)24/h2-17H,1H2. The van der Waals surface area contributed by atoms with E-state index in [1.165, 1.54) is 38.6 Å². The number of rotatable bonds is 3. The quantitative estimate of drug-likeness (QED) is 0.389. The smallest absolute Gasteiger partial charge is 0.00992 e. The molecule has 0 N–H and O–H groups in total. The zero-order valence-electron chi connectivity index (χ0n) is 13.4. The minimum absolute atomic E-state index is 1.18. The third-order valence-corrected chi connectivity index (χ3v) is 4.47. The zero-order valence-corrected chi connectivity index (χ0v) is 13.4. The van der Waals surface area contributed by atoms with Gasteiger partial charge in [-0.2, -0.15) is 0 Å². The SMILES string of the molecule is C=Cc1c(-c2ccccc2)cccc1-c1cccc2ccccc12. The van der Waals surface area contributed by atoms with E-state index in [4.69, 9.17) is 0 Å². The van der Waals surface area contributed by atoms with Crippen molar-refractivity contribution in [2.75, 3.05) is 0 Å². The summed E-state index contributed by atoms with van der Waals surface area (Å²) in [5.41, 5.74) is 6.09. The maximum atomic E-state index is 4.08. The fourth-order valence-electron chi connectivity index (χ4n) is 3.35. The predicted molar refractivity (Wildman–Crippen MR) is 105 cm³/mol. The van der Waals surface area contributed by atoms with Gasteiger partial charge in [-0.15, -0.1) is 0 Å². The van der Waals surface area contributed by atoms with Crippen LogP contribution in [-0.4, -0.2) is 0 Å². The summed E-state index contributed by atoms with van der Waals surface area (Å²) in [5, 5.41) is 2.53. The molecule has 0 nitrogen and oxygen atoms in total. The van der Waals surface area contributed by atoms with Crippen LogP contribution in [0.25, 0.3) is 39.1 Å². The van der Waals surface area contributed by atoms with Gasteiger partial charge in [0.15, 0.2) is 0 Å². The van der Waals surface area contributed by atoms with Crippen molar-refractivity contribution < 1.29 is 0 Å². The number of fused-ring (bicyclic) bond motifs is 1. The van der Waals surface area contributed by atoms with Crippen molar-refractivity contribution >= 4 is 16.8 Å². The Labute approximate surface area is 142 Å². The summed E-state index contributed by atoms with van der Waals surface area (Å²) in [7, 11) is 0. The first-order valence-corrected chi connectivity index (χ1v) is 8.17. The lowest BCUT2D eigenvalue weighted by Gasteiger charge is -2.14. The first-order chi connectivity index (χ1) is 11.9. The Morgan fingerprint density at radius 2 is 1.17 bits per heavy atom. The van der Waals surface area contributed by atoms with Gasteiger partial charge in [-0.1, -0.05) is 104 Å². The fraction of sp³-hybridized carbons (Fsp3) is 0. The third-order valence-electron chi connectivity index (χ3n) is 4.47. The molecular weight excluding hydrogens is 288 g/mol. The van der Waals surface area contributed by atoms with Crippen LogP contribution in [0.5, 0.6) is 0 Å². The Kier molecular flexibility index (Phi) is 3.72. The van der Waals surface area contributed by atoms with Crippen molar-refractivity contribution in [3.8, 4) is 22.3 Å². The number of benzene rings is 4. The summed E-state index contributed by atoms with van der Waals surface area (Å²) in [4.78, 5) is 0. The van der Waals surface area contributed by atoms with Crippen LogP contribution < -0.4 is 0 Å². The first-order valence-electron chi connectivity index (χ1n) is 8.17. The molecule has 0 aliphatic heterocycles. The summed E-state index contributed by atoms with van der Waals surface area (Å²) in [6.45, 7) is 4.08. The lowest BCUT2D eigenvalue weighted by molar-refractivity contribution is 1.58. The third kappa shape index (κ3) is 2.43. The fourth-order valence-corrected chi connectivity index (χ4v) is 3.35. The Balaban J connectivity index is 2.01. The molecule has 0 bridgehead atoms. The van der Waals surface area contributed by atoms with Crippen LogP contribution in [0.15, 0.2) is 97.6 Å². The highest BCUT2D eigenvalue weighted by atomic mass is 14.1. The van der Waals surface area contributed by atoms with E-state index < -0.39 is 0 Å². The van der Waals surface area contributed by atoms with Crippen molar-refractivity contribution in [1.82, 2.24) is 0 Å². The molecular formula is C24H18. The minimum atomic E-state index is 1.18. The van der Waals surface area contributed by atoms with Crippen LogP contribution in [0.4, 0.5) is 0 Å². The van der Waals surface area contributed by atoms with Gasteiger partial charge in [0, 0.05) is 0 Å². The maximum Gasteiger partial charge on any atom is -0.00992 e. The highest BCUT2D eigenvalue weighted by molar-refractivity contribution is 6.00. The van der Waals surface area contributed by atoms with E-state index in [9.17, 15) is 0 Å². The van der Waals surface area contributed by atoms with Crippen LogP contribution in [0.1, 0.15) is 5.56 Å². The van der Waals surface area contributed by atoms with Gasteiger partial charge in [-0.25, -0.2) is 0 Å². The van der Waals surface area contributed by atoms with Crippen LogP contribution in [-0.2, 0) is 0 Å². The summed E-state index contributed by atoms with van der Waals surface area (Å²) in [6.07, 6.45) is 1.97. The first kappa shape index (κ1) is 14.5. The van der Waals surface area contributed by atoms with Gasteiger partial charge in [0.05, 0.1) is 0 Å². The van der Waals surface area contributed by atoms with Gasteiger partial charge in [-0.05, 0) is 38.6 Å². The molecule has 114 valence electrons. The van der Waals surface area contributed by atoms with Crippen molar-refractivity contribution in [3.63, 3.8) is 0 Å². The average molecular weight is 306 g/mol. The van der Waals surface area contributed by atoms with E-state index in [1.54, 1.807) is 0 Å². The van der Waals surface area contributed by atoms with Crippen molar-refractivity contribution in [2.45, 2.75) is 0 Å². The molecule has 0 aromatic heterocycles. The molecule has 24 heavy (non-hydrogen) atoms. The molecule has 0 amide bonds. The lowest BCUT2D eigenvalue weighted by Crippen LogP contribution is -1.89. The Morgan fingerprint density at radius 3 is 2.00 bits per heavy atom. The van der Waals surface area contributed by atoms with Crippen LogP contribution in [0.2, 0.25) is 0 Å². The predicted octanol–water partition coefficient (Wildman–Crippen LogP) is 6.82. The molecule has 0 radical (unpaired) electrons. The van der Waals surface area contributed by atoms with E-state index in [-0.39, 0.29) is 0 Å². The van der Waals surface area contributed by atoms with E-state index >= 15 is 0 Å². The molecule has 0 spiro atoms. The topological polar surface area (TPSA) is 0 Å². The number of hydrogen-bond acceptors (Lipinski definition) is 0. The highest BCUT2D eigenvalue weighted by Gasteiger charge is 2.11. The lowest BCUT2D eigenvalue weighted by atomic mass is 9.89. The van der Waals surface area contributed by atoms with Gasteiger partial charge >= 0.3 is 0 Å². The van der Waals surface area contributed by atoms with Crippen molar-refractivity contribution in [3.05, 3.63) is 103 Å². The molecule has 0 saturated carbocycles. The molecule has 4 aromatic carbocycles. The summed E-state index contributed by atoms with van der Waals surface area (Å²) >= 11 is 0. The molecule has 0 heterocycles. The molecule has 0 heteroatoms. The molecule has 0 saturated heterocycles. The van der Waals surface area contributed by atoms with Gasteiger partial charge in [0.25, 0.3) is 0 Å². The van der Waals surface area contributed by atoms with E-state index in [2.05, 4.69) is 91.5 Å². The molecule has 4 aromatic rings. The van der Waals surface area contributed by atoms with Crippen LogP contribution >= 0.6 is 0 Å².